The number of carbonyl (C=O) groups excluding carboxylic acids is 2. The zero-order valence-corrected chi connectivity index (χ0v) is 35.3. The molecule has 1 aliphatic rings. The molecule has 0 saturated heterocycles. The molecule has 58 heavy (non-hydrogen) atoms. The Bertz CT molecular complexity index is 2150. The fourth-order valence-corrected chi connectivity index (χ4v) is 8.10. The molecule has 1 aliphatic heterocycles. The molecular weight excluding hydrogens is 771 g/mol. The van der Waals surface area contributed by atoms with Gasteiger partial charge in [0.2, 0.25) is 10.0 Å². The van der Waals surface area contributed by atoms with Gasteiger partial charge in [0.05, 0.1) is 53.1 Å². The number of methoxy groups -OCH3 is 1. The minimum atomic E-state index is -4.01. The standard InChI is InChI=1S/C41H55N5O11S/c1-9-54-38(47)24-33(30-21-34-39(36(22-30)51-8)45(7)44-43-34)29-11-10-27(2)31(20-29)26-46-25-28(3)56-35-23-32(12-13-37(35)58(46,49)50)55-19-18-53-17-16-52-15-14-42-40(48)57-41(4,5)6/h10-13,20-23,28,33H,9,14-19,24-26H2,1-8H3,(H,42,48)/t28-,33?/m1/s1. The molecule has 4 aromatic rings. The number of amides is 1. The molecule has 1 amide bonds. The van der Waals surface area contributed by atoms with E-state index in [4.69, 9.17) is 33.2 Å². The van der Waals surface area contributed by atoms with Crippen molar-refractivity contribution in [2.24, 2.45) is 7.05 Å². The molecule has 0 saturated carbocycles. The van der Waals surface area contributed by atoms with E-state index in [2.05, 4.69) is 15.6 Å². The van der Waals surface area contributed by atoms with Gasteiger partial charge in [0.25, 0.3) is 0 Å². The average Bonchev–Trinajstić information content (AvgIpc) is 3.50. The van der Waals surface area contributed by atoms with E-state index in [0.29, 0.717) is 43.4 Å². The molecule has 1 unspecified atom stereocenters. The third-order valence-corrected chi connectivity index (χ3v) is 11.1. The fraction of sp³-hybridized carbons (Fsp3) is 0.512. The number of nitrogens with zero attached hydrogens (tertiary/aromatic N) is 4. The molecule has 1 aromatic heterocycles. The molecule has 17 heteroatoms. The summed E-state index contributed by atoms with van der Waals surface area (Å²) < 4.78 is 70.8. The molecule has 0 radical (unpaired) electrons. The Hall–Kier alpha value is -4.97. The zero-order chi connectivity index (χ0) is 42.0. The molecule has 0 fully saturated rings. The van der Waals surface area contributed by atoms with Crippen molar-refractivity contribution in [3.8, 4) is 17.2 Å². The van der Waals surface area contributed by atoms with Gasteiger partial charge in [-0.1, -0.05) is 23.4 Å². The maximum atomic E-state index is 14.2. The van der Waals surface area contributed by atoms with E-state index in [1.165, 1.54) is 10.4 Å². The van der Waals surface area contributed by atoms with Gasteiger partial charge in [-0.25, -0.2) is 17.9 Å². The Balaban J connectivity index is 1.23. The van der Waals surface area contributed by atoms with E-state index in [1.807, 2.05) is 44.2 Å². The number of hydrogen-bond acceptors (Lipinski definition) is 13. The number of nitrogens with one attached hydrogen (secondary N) is 1. The highest BCUT2D eigenvalue weighted by atomic mass is 32.2. The summed E-state index contributed by atoms with van der Waals surface area (Å²) in [7, 11) is -0.651. The number of alkyl carbamates (subject to hydrolysis) is 1. The molecule has 5 rings (SSSR count). The summed E-state index contributed by atoms with van der Waals surface area (Å²) in [6.45, 7) is 13.1. The van der Waals surface area contributed by atoms with Crippen molar-refractivity contribution in [1.82, 2.24) is 24.6 Å². The first kappa shape index (κ1) is 44.1. The van der Waals surface area contributed by atoms with E-state index < -0.39 is 33.7 Å². The summed E-state index contributed by atoms with van der Waals surface area (Å²) in [6, 6.07) is 14.3. The van der Waals surface area contributed by atoms with Crippen LogP contribution in [0.4, 0.5) is 4.79 Å². The summed E-state index contributed by atoms with van der Waals surface area (Å²) >= 11 is 0. The largest absolute Gasteiger partial charge is 0.494 e. The van der Waals surface area contributed by atoms with Gasteiger partial charge >= 0.3 is 12.1 Å². The molecule has 316 valence electrons. The van der Waals surface area contributed by atoms with Crippen LogP contribution in [0.1, 0.15) is 69.2 Å². The van der Waals surface area contributed by atoms with Crippen LogP contribution in [-0.2, 0) is 47.4 Å². The van der Waals surface area contributed by atoms with Gasteiger partial charge in [0.1, 0.15) is 51.5 Å². The van der Waals surface area contributed by atoms with E-state index in [9.17, 15) is 18.0 Å². The van der Waals surface area contributed by atoms with Crippen LogP contribution in [0.15, 0.2) is 53.4 Å². The van der Waals surface area contributed by atoms with Crippen molar-refractivity contribution < 1.29 is 51.2 Å². The van der Waals surface area contributed by atoms with Gasteiger partial charge in [-0.3, -0.25) is 4.79 Å². The molecule has 2 heterocycles. The average molecular weight is 826 g/mol. The van der Waals surface area contributed by atoms with Crippen LogP contribution in [-0.4, -0.2) is 111 Å². The van der Waals surface area contributed by atoms with Crippen LogP contribution in [0, 0.1) is 6.92 Å². The number of aryl methyl sites for hydroxylation is 2. The molecule has 0 bridgehead atoms. The van der Waals surface area contributed by atoms with Crippen LogP contribution >= 0.6 is 0 Å². The monoisotopic (exact) mass is 825 g/mol. The number of fused-ring (bicyclic) bond motifs is 2. The summed E-state index contributed by atoms with van der Waals surface area (Å²) in [5.41, 5.74) is 4.04. The van der Waals surface area contributed by atoms with Crippen LogP contribution in [0.2, 0.25) is 0 Å². The summed E-state index contributed by atoms with van der Waals surface area (Å²) in [5, 5.41) is 11.1. The van der Waals surface area contributed by atoms with Gasteiger partial charge in [0.15, 0.2) is 0 Å². The molecule has 1 N–H and O–H groups in total. The molecular formula is C41H55N5O11S. The highest BCUT2D eigenvalue weighted by molar-refractivity contribution is 7.89. The van der Waals surface area contributed by atoms with Crippen molar-refractivity contribution >= 4 is 33.1 Å². The van der Waals surface area contributed by atoms with Crippen molar-refractivity contribution in [1.29, 1.82) is 0 Å². The smallest absolute Gasteiger partial charge is 0.407 e. The summed E-state index contributed by atoms with van der Waals surface area (Å²) in [6.07, 6.45) is -0.920. The number of aromatic nitrogens is 3. The topological polar surface area (TPSA) is 179 Å². The van der Waals surface area contributed by atoms with Gasteiger partial charge in [0, 0.05) is 32.1 Å². The van der Waals surface area contributed by atoms with Crippen molar-refractivity contribution in [2.75, 3.05) is 59.8 Å². The van der Waals surface area contributed by atoms with Crippen LogP contribution in [0.3, 0.4) is 0 Å². The van der Waals surface area contributed by atoms with Crippen LogP contribution in [0.5, 0.6) is 17.2 Å². The normalized spacial score (nSPS) is 15.8. The number of rotatable bonds is 18. The second kappa shape index (κ2) is 19.7. The van der Waals surface area contributed by atoms with E-state index in [-0.39, 0.29) is 55.9 Å². The van der Waals surface area contributed by atoms with E-state index in [1.54, 1.807) is 58.7 Å². The lowest BCUT2D eigenvalue weighted by Gasteiger charge is -2.24. The van der Waals surface area contributed by atoms with Crippen molar-refractivity contribution in [3.63, 3.8) is 0 Å². The predicted molar refractivity (Wildman–Crippen MR) is 215 cm³/mol. The Morgan fingerprint density at radius 2 is 1.74 bits per heavy atom. The Morgan fingerprint density at radius 1 is 1.00 bits per heavy atom. The summed E-state index contributed by atoms with van der Waals surface area (Å²) in [5.74, 6) is 0.398. The molecule has 16 nitrogen and oxygen atoms in total. The number of ether oxygens (including phenoxy) is 7. The first-order valence-corrected chi connectivity index (χ1v) is 20.7. The summed E-state index contributed by atoms with van der Waals surface area (Å²) in [4.78, 5) is 24.7. The lowest BCUT2D eigenvalue weighted by atomic mass is 9.86. The highest BCUT2D eigenvalue weighted by Gasteiger charge is 2.34. The first-order valence-electron chi connectivity index (χ1n) is 19.3. The Labute approximate surface area is 340 Å². The van der Waals surface area contributed by atoms with Crippen LogP contribution in [0.25, 0.3) is 11.0 Å². The molecule has 0 aliphatic carbocycles. The van der Waals surface area contributed by atoms with Crippen molar-refractivity contribution in [2.45, 2.75) is 77.0 Å². The van der Waals surface area contributed by atoms with Gasteiger partial charge in [-0.15, -0.1) is 5.10 Å². The predicted octanol–water partition coefficient (Wildman–Crippen LogP) is 5.28. The van der Waals surface area contributed by atoms with E-state index >= 15 is 0 Å². The lowest BCUT2D eigenvalue weighted by molar-refractivity contribution is -0.143. The second-order valence-corrected chi connectivity index (χ2v) is 16.8. The van der Waals surface area contributed by atoms with Crippen LogP contribution < -0.4 is 19.5 Å². The van der Waals surface area contributed by atoms with Gasteiger partial charge in [-0.05, 0) is 88.1 Å². The maximum absolute atomic E-state index is 14.2. The first-order chi connectivity index (χ1) is 27.6. The molecule has 3 aromatic carbocycles. The van der Waals surface area contributed by atoms with Crippen molar-refractivity contribution in [3.05, 3.63) is 70.8 Å². The second-order valence-electron chi connectivity index (χ2n) is 14.9. The quantitative estimate of drug-likeness (QED) is 0.101. The minimum Gasteiger partial charge on any atom is -0.494 e. The SMILES string of the molecule is CCOC(=O)CC(c1ccc(C)c(CN2C[C@@H](C)Oc3cc(OCCOCCOCCNC(=O)OC(C)(C)C)ccc3S2(=O)=O)c1)c1cc(OC)c2c(c1)nnn2C. The third-order valence-electron chi connectivity index (χ3n) is 9.21. The zero-order valence-electron chi connectivity index (χ0n) is 34.5. The fourth-order valence-electron chi connectivity index (χ4n) is 6.51. The lowest BCUT2D eigenvalue weighted by Crippen LogP contribution is -2.35. The molecule has 2 atom stereocenters. The highest BCUT2D eigenvalue weighted by Crippen LogP contribution is 2.38. The number of esters is 1. The van der Waals surface area contributed by atoms with Gasteiger partial charge in [-0.2, -0.15) is 4.31 Å². The third kappa shape index (κ3) is 11.6. The Morgan fingerprint density at radius 3 is 2.47 bits per heavy atom. The maximum Gasteiger partial charge on any atom is 0.407 e. The Kier molecular flexibility index (Phi) is 15.0. The molecule has 0 spiro atoms. The number of carbonyl (C=O) groups is 2. The number of benzene rings is 3. The number of hydrogen-bond donors (Lipinski definition) is 1. The minimum absolute atomic E-state index is 0.0390. The number of sulfonamides is 1. The van der Waals surface area contributed by atoms with E-state index in [0.717, 1.165) is 27.8 Å². The van der Waals surface area contributed by atoms with Gasteiger partial charge < -0.3 is 38.5 Å².